The lowest BCUT2D eigenvalue weighted by atomic mass is 9.99. The standard InChI is InChI=1S/C17H15ClN6/c1-23-13-5-3-2-4-12(13)20-17(23)11-9-24(10-11)16-8-14(18)21-15(22-16)6-7-19/h2-5,8,11H,6,9-10H2,1H3. The lowest BCUT2D eigenvalue weighted by Crippen LogP contribution is -2.46. The molecule has 24 heavy (non-hydrogen) atoms. The minimum absolute atomic E-state index is 0.162. The normalized spacial score (nSPS) is 14.6. The number of rotatable bonds is 3. The highest BCUT2D eigenvalue weighted by Gasteiger charge is 2.33. The Morgan fingerprint density at radius 1 is 1.25 bits per heavy atom. The number of anilines is 1. The van der Waals surface area contributed by atoms with E-state index in [1.807, 2.05) is 18.2 Å². The van der Waals surface area contributed by atoms with Gasteiger partial charge >= 0.3 is 0 Å². The summed E-state index contributed by atoms with van der Waals surface area (Å²) in [6, 6.07) is 12.0. The predicted molar refractivity (Wildman–Crippen MR) is 92.0 cm³/mol. The van der Waals surface area contributed by atoms with Crippen molar-refractivity contribution in [3.05, 3.63) is 47.1 Å². The van der Waals surface area contributed by atoms with Gasteiger partial charge in [0.1, 0.15) is 22.6 Å². The van der Waals surface area contributed by atoms with E-state index in [9.17, 15) is 0 Å². The molecular weight excluding hydrogens is 324 g/mol. The first kappa shape index (κ1) is 14.9. The molecule has 0 saturated carbocycles. The predicted octanol–water partition coefficient (Wildman–Crippen LogP) is 2.69. The van der Waals surface area contributed by atoms with Gasteiger partial charge in [-0.25, -0.2) is 15.0 Å². The first-order valence-corrected chi connectivity index (χ1v) is 8.10. The van der Waals surface area contributed by atoms with E-state index in [-0.39, 0.29) is 6.42 Å². The highest BCUT2D eigenvalue weighted by Crippen LogP contribution is 2.32. The van der Waals surface area contributed by atoms with Gasteiger partial charge in [-0.3, -0.25) is 0 Å². The van der Waals surface area contributed by atoms with E-state index >= 15 is 0 Å². The first-order valence-electron chi connectivity index (χ1n) is 7.72. The topological polar surface area (TPSA) is 70.6 Å². The molecule has 0 N–H and O–H groups in total. The average Bonchev–Trinajstić information content (AvgIpc) is 2.83. The van der Waals surface area contributed by atoms with Crippen molar-refractivity contribution in [3.63, 3.8) is 0 Å². The van der Waals surface area contributed by atoms with Gasteiger partial charge in [-0.15, -0.1) is 0 Å². The molecule has 7 heteroatoms. The summed E-state index contributed by atoms with van der Waals surface area (Å²) >= 11 is 6.04. The summed E-state index contributed by atoms with van der Waals surface area (Å²) < 4.78 is 2.16. The quantitative estimate of drug-likeness (QED) is 0.687. The number of aryl methyl sites for hydroxylation is 1. The summed E-state index contributed by atoms with van der Waals surface area (Å²) in [4.78, 5) is 15.4. The molecule has 0 spiro atoms. The van der Waals surface area contributed by atoms with Crippen molar-refractivity contribution in [2.75, 3.05) is 18.0 Å². The second-order valence-electron chi connectivity index (χ2n) is 5.92. The van der Waals surface area contributed by atoms with Crippen molar-refractivity contribution in [1.82, 2.24) is 19.5 Å². The Hall–Kier alpha value is -2.65. The van der Waals surface area contributed by atoms with Gasteiger partial charge in [-0.1, -0.05) is 23.7 Å². The van der Waals surface area contributed by atoms with Gasteiger partial charge in [-0.05, 0) is 12.1 Å². The Kier molecular flexibility index (Phi) is 3.58. The van der Waals surface area contributed by atoms with E-state index in [0.29, 0.717) is 16.9 Å². The van der Waals surface area contributed by atoms with E-state index in [0.717, 1.165) is 35.8 Å². The largest absolute Gasteiger partial charge is 0.355 e. The second-order valence-corrected chi connectivity index (χ2v) is 6.31. The fourth-order valence-electron chi connectivity index (χ4n) is 3.12. The van der Waals surface area contributed by atoms with E-state index in [1.165, 1.54) is 0 Å². The molecule has 120 valence electrons. The molecule has 4 rings (SSSR count). The van der Waals surface area contributed by atoms with Gasteiger partial charge in [0.15, 0.2) is 0 Å². The third-order valence-electron chi connectivity index (χ3n) is 4.36. The summed E-state index contributed by atoms with van der Waals surface area (Å²) in [7, 11) is 2.06. The summed E-state index contributed by atoms with van der Waals surface area (Å²) in [5, 5.41) is 9.18. The molecule has 0 aliphatic carbocycles. The lowest BCUT2D eigenvalue weighted by Gasteiger charge is -2.39. The molecule has 0 unspecified atom stereocenters. The van der Waals surface area contributed by atoms with Gasteiger partial charge in [0.25, 0.3) is 0 Å². The van der Waals surface area contributed by atoms with Crippen molar-refractivity contribution in [3.8, 4) is 6.07 Å². The van der Waals surface area contributed by atoms with Crippen LogP contribution in [0.4, 0.5) is 5.82 Å². The van der Waals surface area contributed by atoms with E-state index in [2.05, 4.69) is 38.6 Å². The summed E-state index contributed by atoms with van der Waals surface area (Å²) in [5.74, 6) is 2.68. The second kappa shape index (κ2) is 5.77. The van der Waals surface area contributed by atoms with Crippen LogP contribution in [0.5, 0.6) is 0 Å². The molecule has 1 saturated heterocycles. The number of halogens is 1. The number of nitriles is 1. The summed E-state index contributed by atoms with van der Waals surface area (Å²) in [6.45, 7) is 1.66. The molecule has 2 aromatic heterocycles. The number of aromatic nitrogens is 4. The fourth-order valence-corrected chi connectivity index (χ4v) is 3.32. The van der Waals surface area contributed by atoms with Gasteiger partial charge < -0.3 is 9.47 Å². The Morgan fingerprint density at radius 3 is 2.79 bits per heavy atom. The van der Waals surface area contributed by atoms with Gasteiger partial charge in [0.2, 0.25) is 0 Å². The molecule has 3 heterocycles. The number of hydrogen-bond acceptors (Lipinski definition) is 5. The average molecular weight is 339 g/mol. The Morgan fingerprint density at radius 2 is 2.04 bits per heavy atom. The molecule has 1 fully saturated rings. The maximum Gasteiger partial charge on any atom is 0.146 e. The van der Waals surface area contributed by atoms with Crippen LogP contribution in [0.1, 0.15) is 17.6 Å². The molecule has 0 atom stereocenters. The highest BCUT2D eigenvalue weighted by molar-refractivity contribution is 6.29. The van der Waals surface area contributed by atoms with Crippen LogP contribution in [-0.4, -0.2) is 32.6 Å². The van der Waals surface area contributed by atoms with Crippen LogP contribution in [0.25, 0.3) is 11.0 Å². The van der Waals surface area contributed by atoms with Crippen LogP contribution >= 0.6 is 11.6 Å². The van der Waals surface area contributed by atoms with Crippen LogP contribution in [0, 0.1) is 11.3 Å². The van der Waals surface area contributed by atoms with E-state index < -0.39 is 0 Å². The minimum atomic E-state index is 0.162. The van der Waals surface area contributed by atoms with Crippen LogP contribution in [0.15, 0.2) is 30.3 Å². The zero-order valence-electron chi connectivity index (χ0n) is 13.1. The third kappa shape index (κ3) is 2.47. The van der Waals surface area contributed by atoms with Crippen LogP contribution < -0.4 is 4.90 Å². The molecule has 6 nitrogen and oxygen atoms in total. The lowest BCUT2D eigenvalue weighted by molar-refractivity contribution is 0.485. The molecule has 0 radical (unpaired) electrons. The van der Waals surface area contributed by atoms with Crippen molar-refractivity contribution in [2.45, 2.75) is 12.3 Å². The zero-order valence-corrected chi connectivity index (χ0v) is 13.9. The molecule has 0 amide bonds. The van der Waals surface area contributed by atoms with E-state index in [1.54, 1.807) is 6.07 Å². The number of para-hydroxylation sites is 2. The fraction of sp³-hybridized carbons (Fsp3) is 0.294. The van der Waals surface area contributed by atoms with Crippen LogP contribution in [-0.2, 0) is 13.5 Å². The van der Waals surface area contributed by atoms with Crippen molar-refractivity contribution in [1.29, 1.82) is 5.26 Å². The van der Waals surface area contributed by atoms with Crippen LogP contribution in [0.2, 0.25) is 5.15 Å². The molecule has 3 aromatic rings. The molecule has 1 aliphatic heterocycles. The molecular formula is C17H15ClN6. The van der Waals surface area contributed by atoms with Crippen molar-refractivity contribution in [2.24, 2.45) is 7.05 Å². The first-order chi connectivity index (χ1) is 11.7. The van der Waals surface area contributed by atoms with Crippen LogP contribution in [0.3, 0.4) is 0 Å². The minimum Gasteiger partial charge on any atom is -0.355 e. The molecule has 1 aliphatic rings. The Labute approximate surface area is 144 Å². The number of imidazole rings is 1. The van der Waals surface area contributed by atoms with Crippen molar-refractivity contribution < 1.29 is 0 Å². The summed E-state index contributed by atoms with van der Waals surface area (Å²) in [5.41, 5.74) is 2.17. The molecule has 1 aromatic carbocycles. The highest BCUT2D eigenvalue weighted by atomic mass is 35.5. The van der Waals surface area contributed by atoms with Crippen molar-refractivity contribution >= 4 is 28.5 Å². The maximum atomic E-state index is 8.80. The third-order valence-corrected chi connectivity index (χ3v) is 4.55. The maximum absolute atomic E-state index is 8.80. The number of nitrogens with zero attached hydrogens (tertiary/aromatic N) is 6. The summed E-state index contributed by atoms with van der Waals surface area (Å²) in [6.07, 6.45) is 0.162. The Bertz CT molecular complexity index is 951. The van der Waals surface area contributed by atoms with Gasteiger partial charge in [0, 0.05) is 26.2 Å². The number of hydrogen-bond donors (Lipinski definition) is 0. The Balaban J connectivity index is 1.56. The molecule has 0 bridgehead atoms. The number of benzene rings is 1. The monoisotopic (exact) mass is 338 g/mol. The zero-order chi connectivity index (χ0) is 16.7. The van der Waals surface area contributed by atoms with E-state index in [4.69, 9.17) is 21.8 Å². The SMILES string of the molecule is Cn1c(C2CN(c3cc(Cl)nc(CC#N)n3)C2)nc2ccccc21. The van der Waals surface area contributed by atoms with Gasteiger partial charge in [0.05, 0.1) is 29.4 Å². The smallest absolute Gasteiger partial charge is 0.146 e. The number of fused-ring (bicyclic) bond motifs is 1. The van der Waals surface area contributed by atoms with Gasteiger partial charge in [-0.2, -0.15) is 5.26 Å².